The number of nitrogens with one attached hydrogen (secondary N) is 1. The molecule has 0 bridgehead atoms. The van der Waals surface area contributed by atoms with Crippen molar-refractivity contribution in [2.45, 2.75) is 37.8 Å². The van der Waals surface area contributed by atoms with E-state index in [-0.39, 0.29) is 38.4 Å². The molecule has 2 aromatic carbocycles. The Labute approximate surface area is 227 Å². The van der Waals surface area contributed by atoms with Crippen molar-refractivity contribution in [2.75, 3.05) is 6.54 Å². The summed E-state index contributed by atoms with van der Waals surface area (Å²) in [4.78, 5) is 25.0. The zero-order valence-electron chi connectivity index (χ0n) is 18.2. The number of carbonyl (C=O) groups excluding carboxylic acids is 2. The molecule has 0 radical (unpaired) electrons. The molecular formula is C24H18BrCl3F5NO2. The van der Waals surface area contributed by atoms with Gasteiger partial charge in [-0.25, -0.2) is 8.78 Å². The van der Waals surface area contributed by atoms with Gasteiger partial charge in [0.25, 0.3) is 6.43 Å². The molecule has 2 aromatic rings. The highest BCUT2D eigenvalue weighted by Gasteiger charge is 2.51. The number of benzene rings is 2. The molecule has 1 aliphatic rings. The van der Waals surface area contributed by atoms with E-state index in [1.165, 1.54) is 24.3 Å². The molecule has 0 aliphatic heterocycles. The van der Waals surface area contributed by atoms with E-state index in [4.69, 9.17) is 34.8 Å². The number of amides is 1. The van der Waals surface area contributed by atoms with Crippen LogP contribution in [0.3, 0.4) is 0 Å². The maximum Gasteiger partial charge on any atom is 0.399 e. The van der Waals surface area contributed by atoms with E-state index in [0.717, 1.165) is 18.2 Å². The van der Waals surface area contributed by atoms with Crippen LogP contribution in [0.5, 0.6) is 0 Å². The first-order valence-electron chi connectivity index (χ1n) is 10.5. The summed E-state index contributed by atoms with van der Waals surface area (Å²) in [6, 6.07) is 6.55. The maximum absolute atomic E-state index is 13.8. The Bertz CT molecular complexity index is 1180. The number of ketones is 1. The largest absolute Gasteiger partial charge is 0.399 e. The van der Waals surface area contributed by atoms with E-state index in [1.807, 2.05) is 0 Å². The van der Waals surface area contributed by atoms with Gasteiger partial charge in [0.15, 0.2) is 5.78 Å². The van der Waals surface area contributed by atoms with Gasteiger partial charge in [0.2, 0.25) is 5.91 Å². The highest BCUT2D eigenvalue weighted by molar-refractivity contribution is 9.10. The van der Waals surface area contributed by atoms with Gasteiger partial charge in [0, 0.05) is 16.5 Å². The van der Waals surface area contributed by atoms with Crippen molar-refractivity contribution >= 4 is 68.5 Å². The molecule has 1 fully saturated rings. The third-order valence-corrected chi connectivity index (χ3v) is 7.60. The summed E-state index contributed by atoms with van der Waals surface area (Å²) in [6.45, 7) is -0.785. The zero-order chi connectivity index (χ0) is 26.8. The topological polar surface area (TPSA) is 46.2 Å². The van der Waals surface area contributed by atoms with E-state index in [9.17, 15) is 31.5 Å². The number of alkyl halides is 5. The molecule has 1 N–H and O–H groups in total. The van der Waals surface area contributed by atoms with E-state index in [0.29, 0.717) is 22.9 Å². The van der Waals surface area contributed by atoms with Crippen LogP contribution < -0.4 is 5.32 Å². The third kappa shape index (κ3) is 7.00. The predicted octanol–water partition coefficient (Wildman–Crippen LogP) is 8.50. The van der Waals surface area contributed by atoms with Crippen molar-refractivity contribution in [3.8, 4) is 0 Å². The monoisotopic (exact) mass is 631 g/mol. The molecule has 0 heterocycles. The van der Waals surface area contributed by atoms with E-state index in [2.05, 4.69) is 21.2 Å². The molecule has 0 saturated heterocycles. The van der Waals surface area contributed by atoms with Gasteiger partial charge in [-0.3, -0.25) is 9.59 Å². The Morgan fingerprint density at radius 1 is 1.08 bits per heavy atom. The van der Waals surface area contributed by atoms with E-state index >= 15 is 0 Å². The van der Waals surface area contributed by atoms with Crippen molar-refractivity contribution < 1.29 is 31.5 Å². The molecule has 0 spiro atoms. The second-order valence-corrected chi connectivity index (χ2v) is 10.4. The fourth-order valence-corrected chi connectivity index (χ4v) is 4.86. The molecule has 1 atom stereocenters. The minimum atomic E-state index is -4.65. The van der Waals surface area contributed by atoms with Gasteiger partial charge < -0.3 is 5.32 Å². The average Bonchev–Trinajstić information content (AvgIpc) is 3.55. The zero-order valence-corrected chi connectivity index (χ0v) is 22.1. The Hall–Kier alpha value is -1.68. The number of carbonyl (C=O) groups is 2. The van der Waals surface area contributed by atoms with Crippen LogP contribution in [-0.4, -0.2) is 30.8 Å². The number of allylic oxidation sites excluding steroid dienone is 1. The average molecular weight is 634 g/mol. The number of hydrogen-bond acceptors (Lipinski definition) is 2. The normalized spacial score (nSPS) is 15.8. The smallest absolute Gasteiger partial charge is 0.350 e. The first-order valence-corrected chi connectivity index (χ1v) is 12.4. The SMILES string of the molecule is O=C(CC1(C(=O)NCC(F)F)CC1)c1ccc(/C=C/C(c2cc(Cl)c(Cl)c(Cl)c2)C(F)(F)F)cc1Br. The van der Waals surface area contributed by atoms with Gasteiger partial charge in [-0.05, 0) is 48.2 Å². The maximum atomic E-state index is 13.8. The lowest BCUT2D eigenvalue weighted by atomic mass is 9.93. The quantitative estimate of drug-likeness (QED) is 0.171. The summed E-state index contributed by atoms with van der Waals surface area (Å²) in [5.41, 5.74) is -0.604. The highest BCUT2D eigenvalue weighted by Crippen LogP contribution is 2.50. The van der Waals surface area contributed by atoms with E-state index < -0.39 is 36.4 Å². The van der Waals surface area contributed by atoms with E-state index in [1.54, 1.807) is 0 Å². The predicted molar refractivity (Wildman–Crippen MR) is 133 cm³/mol. The molecule has 0 aromatic heterocycles. The highest BCUT2D eigenvalue weighted by atomic mass is 79.9. The number of rotatable bonds is 9. The lowest BCUT2D eigenvalue weighted by molar-refractivity contribution is -0.139. The molecule has 3 nitrogen and oxygen atoms in total. The lowest BCUT2D eigenvalue weighted by Gasteiger charge is -2.18. The van der Waals surface area contributed by atoms with Crippen LogP contribution in [0.1, 0.15) is 46.7 Å². The summed E-state index contributed by atoms with van der Waals surface area (Å²) in [5, 5.41) is 1.89. The van der Waals surface area contributed by atoms with Gasteiger partial charge in [-0.1, -0.05) is 69.0 Å². The third-order valence-electron chi connectivity index (χ3n) is 5.74. The Kier molecular flexibility index (Phi) is 9.13. The molecule has 36 heavy (non-hydrogen) atoms. The van der Waals surface area contributed by atoms with Crippen LogP contribution in [0.25, 0.3) is 6.08 Å². The fourth-order valence-electron chi connectivity index (χ4n) is 3.63. The summed E-state index contributed by atoms with van der Waals surface area (Å²) >= 11 is 20.9. The molecular weight excluding hydrogens is 616 g/mol. The van der Waals surface area contributed by atoms with Gasteiger partial charge >= 0.3 is 6.18 Å². The summed E-state index contributed by atoms with van der Waals surface area (Å²) < 4.78 is 66.3. The van der Waals surface area contributed by atoms with Gasteiger partial charge in [0.1, 0.15) is 0 Å². The van der Waals surface area contributed by atoms with Crippen LogP contribution in [0, 0.1) is 5.41 Å². The van der Waals surface area contributed by atoms with Crippen LogP contribution in [0.4, 0.5) is 22.0 Å². The van der Waals surface area contributed by atoms with Gasteiger partial charge in [-0.2, -0.15) is 13.2 Å². The molecule has 1 saturated carbocycles. The molecule has 3 rings (SSSR count). The van der Waals surface area contributed by atoms with Crippen molar-refractivity contribution in [3.63, 3.8) is 0 Å². The lowest BCUT2D eigenvalue weighted by Crippen LogP contribution is -2.36. The second kappa shape index (κ2) is 11.4. The first kappa shape index (κ1) is 28.9. The van der Waals surface area contributed by atoms with Crippen molar-refractivity contribution in [1.29, 1.82) is 0 Å². The van der Waals surface area contributed by atoms with Gasteiger partial charge in [-0.15, -0.1) is 0 Å². The minimum absolute atomic E-state index is 0.0457. The number of halogens is 9. The first-order chi connectivity index (χ1) is 16.7. The standard InChI is InChI=1S/C24H18BrCl3F5NO2/c25-16-7-12(2-4-15(24(31,32)33)13-8-17(26)21(28)18(27)9-13)1-3-14(16)19(35)10-23(5-6-23)22(36)34-11-20(29)30/h1-4,7-9,15,20H,5-6,10-11H2,(H,34,36)/b4-2+. The molecule has 194 valence electrons. The Morgan fingerprint density at radius 2 is 1.69 bits per heavy atom. The summed E-state index contributed by atoms with van der Waals surface area (Å²) in [7, 11) is 0. The fraction of sp³-hybridized carbons (Fsp3) is 0.333. The van der Waals surface area contributed by atoms with Crippen LogP contribution in [0.15, 0.2) is 40.9 Å². The number of Topliss-reactive ketones (excluding diaryl/α,β-unsaturated/α-hetero) is 1. The van der Waals surface area contributed by atoms with Gasteiger partial charge in [0.05, 0.1) is 32.9 Å². The summed E-state index contributed by atoms with van der Waals surface area (Å²) in [6.07, 6.45) is -4.51. The molecule has 1 unspecified atom stereocenters. The van der Waals surface area contributed by atoms with Crippen LogP contribution in [-0.2, 0) is 4.79 Å². The van der Waals surface area contributed by atoms with Crippen molar-refractivity contribution in [1.82, 2.24) is 5.32 Å². The van der Waals surface area contributed by atoms with Crippen LogP contribution in [0.2, 0.25) is 15.1 Å². The van der Waals surface area contributed by atoms with Crippen LogP contribution >= 0.6 is 50.7 Å². The van der Waals surface area contributed by atoms with Crippen molar-refractivity contribution in [3.05, 3.63) is 72.6 Å². The molecule has 1 aliphatic carbocycles. The van der Waals surface area contributed by atoms with Crippen molar-refractivity contribution in [2.24, 2.45) is 5.41 Å². The molecule has 12 heteroatoms. The Balaban J connectivity index is 1.77. The Morgan fingerprint density at radius 3 is 2.19 bits per heavy atom. The minimum Gasteiger partial charge on any atom is -0.350 e. The molecule has 1 amide bonds. The summed E-state index contributed by atoms with van der Waals surface area (Å²) in [5.74, 6) is -3.00. The number of hydrogen-bond donors (Lipinski definition) is 1. The second-order valence-electron chi connectivity index (χ2n) is 8.40.